The van der Waals surface area contributed by atoms with Gasteiger partial charge in [-0.25, -0.2) is 9.67 Å². The molecule has 9 nitrogen and oxygen atoms in total. The third kappa shape index (κ3) is 5.04. The van der Waals surface area contributed by atoms with Crippen molar-refractivity contribution >= 4 is 11.9 Å². The van der Waals surface area contributed by atoms with Crippen LogP contribution in [-0.2, 0) is 4.79 Å². The van der Waals surface area contributed by atoms with E-state index in [4.69, 9.17) is 5.11 Å². The van der Waals surface area contributed by atoms with Crippen molar-refractivity contribution in [1.29, 1.82) is 0 Å². The summed E-state index contributed by atoms with van der Waals surface area (Å²) in [5.74, 6) is -1.05. The van der Waals surface area contributed by atoms with Crippen LogP contribution >= 0.6 is 0 Å². The van der Waals surface area contributed by atoms with Crippen LogP contribution in [0.4, 0.5) is 0 Å². The van der Waals surface area contributed by atoms with Gasteiger partial charge in [0.2, 0.25) is 5.95 Å². The van der Waals surface area contributed by atoms with E-state index < -0.39 is 17.4 Å². The summed E-state index contributed by atoms with van der Waals surface area (Å²) < 4.78 is 1.39. The average Bonchev–Trinajstić information content (AvgIpc) is 3.07. The molecule has 0 saturated heterocycles. The van der Waals surface area contributed by atoms with E-state index in [1.807, 2.05) is 0 Å². The number of H-pyrrole nitrogens is 1. The second-order valence-electron chi connectivity index (χ2n) is 5.21. The molecule has 1 amide bonds. The zero-order chi connectivity index (χ0) is 17.4. The van der Waals surface area contributed by atoms with Crippen molar-refractivity contribution in [3.63, 3.8) is 0 Å². The molecule has 2 aromatic rings. The van der Waals surface area contributed by atoms with Gasteiger partial charge < -0.3 is 10.4 Å². The van der Waals surface area contributed by atoms with Crippen LogP contribution in [-0.4, -0.2) is 43.3 Å². The summed E-state index contributed by atoms with van der Waals surface area (Å²) in [6, 6.07) is 1.69. The first kappa shape index (κ1) is 17.4. The van der Waals surface area contributed by atoms with Gasteiger partial charge in [-0.15, -0.1) is 0 Å². The number of hydrogen-bond donors (Lipinski definition) is 3. The lowest BCUT2D eigenvalue weighted by molar-refractivity contribution is -0.137. The summed E-state index contributed by atoms with van der Waals surface area (Å²) >= 11 is 0. The molecule has 24 heavy (non-hydrogen) atoms. The number of carboxylic acids is 1. The van der Waals surface area contributed by atoms with Gasteiger partial charge in [0.15, 0.2) is 0 Å². The predicted molar refractivity (Wildman–Crippen MR) is 85.0 cm³/mol. The van der Waals surface area contributed by atoms with Crippen molar-refractivity contribution in [2.45, 2.75) is 32.1 Å². The summed E-state index contributed by atoms with van der Waals surface area (Å²) in [6.45, 7) is 0.423. The van der Waals surface area contributed by atoms with E-state index in [2.05, 4.69) is 20.4 Å². The van der Waals surface area contributed by atoms with E-state index in [0.717, 1.165) is 19.3 Å². The second kappa shape index (κ2) is 8.61. The molecule has 0 spiro atoms. The number of carboxylic acid groups (broad SMARTS) is 1. The number of aromatic amines is 1. The molecule has 0 aliphatic carbocycles. The van der Waals surface area contributed by atoms with Gasteiger partial charge in [-0.3, -0.25) is 19.4 Å². The largest absolute Gasteiger partial charge is 0.481 e. The van der Waals surface area contributed by atoms with E-state index in [0.29, 0.717) is 13.0 Å². The molecule has 0 aromatic carbocycles. The molecule has 0 bridgehead atoms. The van der Waals surface area contributed by atoms with Crippen molar-refractivity contribution in [2.24, 2.45) is 0 Å². The molecular formula is C15H19N5O4. The highest BCUT2D eigenvalue weighted by Gasteiger charge is 2.12. The highest BCUT2D eigenvalue weighted by atomic mass is 16.4. The van der Waals surface area contributed by atoms with Crippen molar-refractivity contribution in [2.75, 3.05) is 6.54 Å². The number of unbranched alkanes of at least 4 members (excludes halogenated alkanes) is 3. The minimum absolute atomic E-state index is 0.0585. The molecule has 0 unspecified atom stereocenters. The lowest BCUT2D eigenvalue weighted by Gasteiger charge is -2.05. The smallest absolute Gasteiger partial charge is 0.303 e. The maximum Gasteiger partial charge on any atom is 0.303 e. The van der Waals surface area contributed by atoms with Crippen molar-refractivity contribution in [3.05, 3.63) is 40.6 Å². The molecule has 0 aliphatic heterocycles. The molecule has 0 aliphatic rings. The van der Waals surface area contributed by atoms with Crippen LogP contribution in [0.5, 0.6) is 0 Å². The SMILES string of the molecule is O=C(O)CCCCCCNC(=O)c1cnc(-n2cccn2)[nH]c1=O. The average molecular weight is 333 g/mol. The third-order valence-corrected chi connectivity index (χ3v) is 3.35. The van der Waals surface area contributed by atoms with Gasteiger partial charge in [-0.05, 0) is 18.9 Å². The standard InChI is InChI=1S/C15H19N5O4/c21-12(22)6-3-1-2-4-7-16-13(23)11-10-17-15(19-14(11)24)20-9-5-8-18-20/h5,8-10H,1-4,6-7H2,(H,16,23)(H,21,22)(H,17,19,24). The fraction of sp³-hybridized carbons (Fsp3) is 0.400. The number of rotatable bonds is 9. The third-order valence-electron chi connectivity index (χ3n) is 3.35. The van der Waals surface area contributed by atoms with Gasteiger partial charge in [0.1, 0.15) is 5.56 Å². The van der Waals surface area contributed by atoms with Crippen LogP contribution in [0.2, 0.25) is 0 Å². The molecule has 2 heterocycles. The number of aromatic nitrogens is 4. The Bertz CT molecular complexity index is 739. The van der Waals surface area contributed by atoms with Gasteiger partial charge in [0, 0.05) is 31.6 Å². The summed E-state index contributed by atoms with van der Waals surface area (Å²) in [5, 5.41) is 15.1. The van der Waals surface area contributed by atoms with Crippen molar-refractivity contribution < 1.29 is 14.7 Å². The number of amides is 1. The Morgan fingerprint density at radius 3 is 2.71 bits per heavy atom. The maximum absolute atomic E-state index is 12.0. The molecule has 128 valence electrons. The van der Waals surface area contributed by atoms with Crippen molar-refractivity contribution in [1.82, 2.24) is 25.1 Å². The zero-order valence-corrected chi connectivity index (χ0v) is 13.1. The predicted octanol–water partition coefficient (Wildman–Crippen LogP) is 0.720. The topological polar surface area (TPSA) is 130 Å². The minimum Gasteiger partial charge on any atom is -0.481 e. The van der Waals surface area contributed by atoms with E-state index >= 15 is 0 Å². The summed E-state index contributed by atoms with van der Waals surface area (Å²) in [4.78, 5) is 40.8. The van der Waals surface area contributed by atoms with Gasteiger partial charge in [-0.2, -0.15) is 5.10 Å². The number of hydrogen-bond acceptors (Lipinski definition) is 5. The maximum atomic E-state index is 12.0. The molecule has 2 aromatic heterocycles. The highest BCUT2D eigenvalue weighted by molar-refractivity contribution is 5.93. The van der Waals surface area contributed by atoms with E-state index in [1.165, 1.54) is 10.9 Å². The quantitative estimate of drug-likeness (QED) is 0.580. The summed E-state index contributed by atoms with van der Waals surface area (Å²) in [5.41, 5.74) is -0.591. The second-order valence-corrected chi connectivity index (χ2v) is 5.21. The Balaban J connectivity index is 1.78. The Labute approximate surface area is 137 Å². The van der Waals surface area contributed by atoms with Crippen LogP contribution in [0.3, 0.4) is 0 Å². The Kier molecular flexibility index (Phi) is 6.23. The summed E-state index contributed by atoms with van der Waals surface area (Å²) in [7, 11) is 0. The number of aliphatic carboxylic acids is 1. The molecular weight excluding hydrogens is 314 g/mol. The minimum atomic E-state index is -0.798. The van der Waals surface area contributed by atoms with Crippen LogP contribution < -0.4 is 10.9 Å². The van der Waals surface area contributed by atoms with E-state index in [-0.39, 0.29) is 17.9 Å². The van der Waals surface area contributed by atoms with Crippen LogP contribution in [0.25, 0.3) is 5.95 Å². The first-order chi connectivity index (χ1) is 11.6. The molecule has 3 N–H and O–H groups in total. The van der Waals surface area contributed by atoms with Crippen LogP contribution in [0.1, 0.15) is 42.5 Å². The number of carbonyl (C=O) groups is 2. The van der Waals surface area contributed by atoms with Crippen molar-refractivity contribution in [3.8, 4) is 5.95 Å². The monoisotopic (exact) mass is 333 g/mol. The van der Waals surface area contributed by atoms with E-state index in [9.17, 15) is 14.4 Å². The number of nitrogens with one attached hydrogen (secondary N) is 2. The Morgan fingerprint density at radius 1 is 1.25 bits per heavy atom. The fourth-order valence-electron chi connectivity index (χ4n) is 2.11. The summed E-state index contributed by atoms with van der Waals surface area (Å²) in [6.07, 6.45) is 7.53. The van der Waals surface area contributed by atoms with Gasteiger partial charge in [0.05, 0.1) is 0 Å². The normalized spacial score (nSPS) is 10.5. The first-order valence-corrected chi connectivity index (χ1v) is 7.67. The number of nitrogens with zero attached hydrogens (tertiary/aromatic N) is 3. The molecule has 0 fully saturated rings. The first-order valence-electron chi connectivity index (χ1n) is 7.67. The Hall–Kier alpha value is -2.97. The van der Waals surface area contributed by atoms with Crippen LogP contribution in [0.15, 0.2) is 29.5 Å². The lowest BCUT2D eigenvalue weighted by Crippen LogP contribution is -2.31. The molecule has 0 radical (unpaired) electrons. The number of carbonyl (C=O) groups excluding carboxylic acids is 1. The molecule has 2 rings (SSSR count). The lowest BCUT2D eigenvalue weighted by atomic mass is 10.1. The van der Waals surface area contributed by atoms with Gasteiger partial charge in [0.25, 0.3) is 11.5 Å². The molecule has 0 saturated carbocycles. The zero-order valence-electron chi connectivity index (χ0n) is 13.1. The fourth-order valence-corrected chi connectivity index (χ4v) is 2.11. The van der Waals surface area contributed by atoms with Gasteiger partial charge >= 0.3 is 5.97 Å². The van der Waals surface area contributed by atoms with E-state index in [1.54, 1.807) is 18.5 Å². The molecule has 0 atom stereocenters. The van der Waals surface area contributed by atoms with Gasteiger partial charge in [-0.1, -0.05) is 12.8 Å². The molecule has 9 heteroatoms. The Morgan fingerprint density at radius 2 is 2.04 bits per heavy atom. The highest BCUT2D eigenvalue weighted by Crippen LogP contribution is 2.02. The van der Waals surface area contributed by atoms with Crippen LogP contribution in [0, 0.1) is 0 Å².